The molecular weight excluding hydrogens is 305 g/mol. The molecule has 0 aromatic heterocycles. The maximum absolute atomic E-state index is 2.25. The Morgan fingerprint density at radius 3 is 2.00 bits per heavy atom. The van der Waals surface area contributed by atoms with E-state index < -0.39 is 0 Å². The predicted octanol–water partition coefficient (Wildman–Crippen LogP) is 3.34. The molecule has 0 saturated carbocycles. The van der Waals surface area contributed by atoms with Gasteiger partial charge >= 0.3 is 22.4 Å². The Morgan fingerprint density at radius 1 is 1.20 bits per heavy atom. The zero-order valence-corrected chi connectivity index (χ0v) is 9.24. The molecule has 0 radical (unpaired) electrons. The van der Waals surface area contributed by atoms with Crippen molar-refractivity contribution in [2.24, 2.45) is 0 Å². The van der Waals surface area contributed by atoms with Crippen LogP contribution in [0.2, 0.25) is 0 Å². The Morgan fingerprint density at radius 2 is 1.70 bits per heavy atom. The zero-order valence-electron chi connectivity index (χ0n) is 7.08. The topological polar surface area (TPSA) is 0 Å². The van der Waals surface area contributed by atoms with Crippen LogP contribution in [0.3, 0.4) is 0 Å². The number of unbranched alkanes of at least 4 members (excludes halogenated alkanes) is 1. The van der Waals surface area contributed by atoms with Gasteiger partial charge in [0.2, 0.25) is 0 Å². The Balaban J connectivity index is 0. The van der Waals surface area contributed by atoms with E-state index in [2.05, 4.69) is 33.3 Å². The van der Waals surface area contributed by atoms with Crippen LogP contribution < -0.4 is 0 Å². The van der Waals surface area contributed by atoms with E-state index in [0.29, 0.717) is 0 Å². The molecule has 0 N–H and O–H groups in total. The maximum atomic E-state index is 2.25. The second kappa shape index (κ2) is 9.35. The summed E-state index contributed by atoms with van der Waals surface area (Å²) in [6.07, 6.45) is 8.03. The first-order chi connectivity index (χ1) is 4.35. The first-order valence-corrected chi connectivity index (χ1v) is 3.86. The minimum Gasteiger partial charge on any atom is -0.230 e. The fourth-order valence-corrected chi connectivity index (χ4v) is 0.770. The van der Waals surface area contributed by atoms with Gasteiger partial charge in [-0.1, -0.05) is 20.8 Å². The molecule has 0 spiro atoms. The van der Waals surface area contributed by atoms with Crippen molar-refractivity contribution in [1.29, 1.82) is 0 Å². The van der Waals surface area contributed by atoms with Crippen molar-refractivity contribution >= 4 is 0 Å². The van der Waals surface area contributed by atoms with Gasteiger partial charge in [-0.05, 0) is 0 Å². The van der Waals surface area contributed by atoms with Crippen LogP contribution in [0.25, 0.3) is 0 Å². The molecule has 0 aromatic rings. The summed E-state index contributed by atoms with van der Waals surface area (Å²) >= 11 is 0. The molecule has 0 amide bonds. The number of hydrogen-bond acceptors (Lipinski definition) is 0. The van der Waals surface area contributed by atoms with Gasteiger partial charge in [0, 0.05) is 0 Å². The summed E-state index contributed by atoms with van der Waals surface area (Å²) < 4.78 is 0. The third-order valence-corrected chi connectivity index (χ3v) is 1.50. The molecule has 0 aliphatic rings. The summed E-state index contributed by atoms with van der Waals surface area (Å²) in [5.41, 5.74) is 1.55. The molecule has 0 aliphatic heterocycles. The molecule has 0 heterocycles. The van der Waals surface area contributed by atoms with Gasteiger partial charge in [0.25, 0.3) is 0 Å². The summed E-state index contributed by atoms with van der Waals surface area (Å²) in [6, 6.07) is 0. The van der Waals surface area contributed by atoms with Crippen molar-refractivity contribution in [3.8, 4) is 0 Å². The van der Waals surface area contributed by atoms with E-state index in [4.69, 9.17) is 0 Å². The van der Waals surface area contributed by atoms with Gasteiger partial charge in [0.15, 0.2) is 0 Å². The monoisotopic (exact) mass is 322 g/mol. The third kappa shape index (κ3) is 6.47. The average molecular weight is 322 g/mol. The quantitative estimate of drug-likeness (QED) is 0.550. The molecular formula is C9H17Au. The molecule has 0 bridgehead atoms. The van der Waals surface area contributed by atoms with Crippen LogP contribution >= 0.6 is 0 Å². The van der Waals surface area contributed by atoms with E-state index in [9.17, 15) is 0 Å². The largest absolute Gasteiger partial charge is 1.00 e. The number of allylic oxidation sites excluding steroid dienone is 2. The van der Waals surface area contributed by atoms with Gasteiger partial charge in [-0.3, -0.25) is 0 Å². The van der Waals surface area contributed by atoms with Crippen molar-refractivity contribution in [1.82, 2.24) is 0 Å². The summed E-state index contributed by atoms with van der Waals surface area (Å²) in [7, 11) is 0. The second-order valence-electron chi connectivity index (χ2n) is 2.18. The molecule has 0 saturated heterocycles. The molecule has 64 valence electrons. The zero-order chi connectivity index (χ0) is 7.11. The average Bonchev–Trinajstić information content (AvgIpc) is 1.91. The van der Waals surface area contributed by atoms with Gasteiger partial charge in [-0.2, -0.15) is 0 Å². The van der Waals surface area contributed by atoms with Gasteiger partial charge in [0.05, 0.1) is 0 Å². The molecule has 0 nitrogen and oxygen atoms in total. The predicted molar refractivity (Wildman–Crippen MR) is 43.3 cm³/mol. The van der Waals surface area contributed by atoms with Crippen molar-refractivity contribution < 1.29 is 22.4 Å². The van der Waals surface area contributed by atoms with Crippen LogP contribution in [0.5, 0.6) is 0 Å². The van der Waals surface area contributed by atoms with Crippen LogP contribution in [-0.2, 0) is 22.4 Å². The standard InChI is InChI=1S/C9H17.Au/c1-4-7-8-9(5-2)6-3;/h7-8H,4-6H2,1-3H3;/q-1;+1. The van der Waals surface area contributed by atoms with E-state index in [-0.39, 0.29) is 22.4 Å². The fourth-order valence-electron chi connectivity index (χ4n) is 0.770. The first-order valence-electron chi connectivity index (χ1n) is 3.86. The molecule has 0 atom stereocenters. The van der Waals surface area contributed by atoms with Crippen LogP contribution in [0, 0.1) is 6.42 Å². The van der Waals surface area contributed by atoms with Crippen molar-refractivity contribution in [3.05, 3.63) is 18.1 Å². The Labute approximate surface area is 80.6 Å². The first kappa shape index (κ1) is 13.0. The number of rotatable bonds is 4. The van der Waals surface area contributed by atoms with Crippen LogP contribution in [-0.4, -0.2) is 0 Å². The molecule has 1 heteroatoms. The van der Waals surface area contributed by atoms with E-state index in [0.717, 1.165) is 6.42 Å². The maximum Gasteiger partial charge on any atom is 1.00 e. The van der Waals surface area contributed by atoms with Crippen molar-refractivity contribution in [2.75, 3.05) is 0 Å². The van der Waals surface area contributed by atoms with Gasteiger partial charge in [0.1, 0.15) is 0 Å². The van der Waals surface area contributed by atoms with E-state index in [1.54, 1.807) is 5.57 Å². The van der Waals surface area contributed by atoms with Gasteiger partial charge < -0.3 is 0 Å². The molecule has 0 fully saturated rings. The minimum absolute atomic E-state index is 0. The normalized spacial score (nSPS) is 7.90. The molecule has 0 aromatic carbocycles. The SMILES string of the molecule is CC[CH-]C=C(CC)CC.[Au+]. The van der Waals surface area contributed by atoms with Crippen LogP contribution in [0.4, 0.5) is 0 Å². The Hall–Kier alpha value is 0.350. The second-order valence-corrected chi connectivity index (χ2v) is 2.18. The van der Waals surface area contributed by atoms with E-state index >= 15 is 0 Å². The third-order valence-electron chi connectivity index (χ3n) is 1.50. The fraction of sp³-hybridized carbons (Fsp3) is 0.667. The summed E-state index contributed by atoms with van der Waals surface area (Å²) in [4.78, 5) is 0. The summed E-state index contributed by atoms with van der Waals surface area (Å²) in [6.45, 7) is 6.58. The van der Waals surface area contributed by atoms with Gasteiger partial charge in [-0.25, -0.2) is 18.1 Å². The van der Waals surface area contributed by atoms with Crippen LogP contribution in [0.15, 0.2) is 11.6 Å². The number of hydrogen-bond donors (Lipinski definition) is 0. The molecule has 0 unspecified atom stereocenters. The van der Waals surface area contributed by atoms with Crippen LogP contribution in [0.1, 0.15) is 40.0 Å². The molecule has 0 rings (SSSR count). The molecule has 0 aliphatic carbocycles. The van der Waals surface area contributed by atoms with E-state index in [1.807, 2.05) is 0 Å². The smallest absolute Gasteiger partial charge is 0.230 e. The Kier molecular flexibility index (Phi) is 12.1. The summed E-state index contributed by atoms with van der Waals surface area (Å²) in [5, 5.41) is 0. The van der Waals surface area contributed by atoms with Gasteiger partial charge in [-0.15, -0.1) is 19.3 Å². The Bertz CT molecular complexity index is 78.7. The molecule has 10 heavy (non-hydrogen) atoms. The summed E-state index contributed by atoms with van der Waals surface area (Å²) in [5.74, 6) is 0. The van der Waals surface area contributed by atoms with Crippen molar-refractivity contribution in [3.63, 3.8) is 0 Å². The van der Waals surface area contributed by atoms with Crippen molar-refractivity contribution in [2.45, 2.75) is 40.0 Å². The van der Waals surface area contributed by atoms with E-state index in [1.165, 1.54) is 12.8 Å². The minimum atomic E-state index is 0.